The molecule has 0 amide bonds. The Bertz CT molecular complexity index is 654. The minimum atomic E-state index is -0.456. The summed E-state index contributed by atoms with van der Waals surface area (Å²) in [5.74, 6) is -0.247. The molecule has 0 aliphatic rings. The van der Waals surface area contributed by atoms with Crippen LogP contribution in [0.25, 0.3) is 11.0 Å². The maximum absolute atomic E-state index is 11.7. The smallest absolute Gasteiger partial charge is 0.313 e. The van der Waals surface area contributed by atoms with Gasteiger partial charge in [-0.2, -0.15) is 0 Å². The molecule has 0 aliphatic carbocycles. The van der Waals surface area contributed by atoms with Gasteiger partial charge in [0.1, 0.15) is 17.4 Å². The van der Waals surface area contributed by atoms with Crippen molar-refractivity contribution in [3.05, 3.63) is 33.5 Å². The highest BCUT2D eigenvalue weighted by molar-refractivity contribution is 6.29. The van der Waals surface area contributed by atoms with Crippen LogP contribution in [0.15, 0.2) is 16.9 Å². The van der Waals surface area contributed by atoms with Gasteiger partial charge in [-0.25, -0.2) is 9.97 Å². The van der Waals surface area contributed by atoms with Crippen LogP contribution >= 0.6 is 11.6 Å². The fourth-order valence-corrected chi connectivity index (χ4v) is 1.62. The number of halogens is 1. The fraction of sp³-hybridized carbons (Fsp3) is 0.273. The lowest BCUT2D eigenvalue weighted by atomic mass is 10.3. The quantitative estimate of drug-likeness (QED) is 0.664. The van der Waals surface area contributed by atoms with Crippen molar-refractivity contribution in [2.45, 2.75) is 13.3 Å². The topological polar surface area (TPSA) is 84.9 Å². The van der Waals surface area contributed by atoms with E-state index < -0.39 is 5.97 Å². The molecule has 0 atom stereocenters. The number of aromatic nitrogens is 3. The van der Waals surface area contributed by atoms with Crippen LogP contribution in [0, 0.1) is 0 Å². The SMILES string of the molecule is CCOC(=O)Cc1nc2nc(Cl)ccc2c(=O)[nH]1. The van der Waals surface area contributed by atoms with E-state index in [0.29, 0.717) is 5.39 Å². The van der Waals surface area contributed by atoms with Crippen molar-refractivity contribution in [2.75, 3.05) is 6.61 Å². The third-order valence-electron chi connectivity index (χ3n) is 2.20. The van der Waals surface area contributed by atoms with Crippen LogP contribution < -0.4 is 5.56 Å². The predicted molar refractivity (Wildman–Crippen MR) is 65.5 cm³/mol. The van der Waals surface area contributed by atoms with Crippen molar-refractivity contribution >= 4 is 28.6 Å². The molecule has 2 aromatic rings. The molecule has 0 saturated heterocycles. The first-order valence-corrected chi connectivity index (χ1v) is 5.69. The van der Waals surface area contributed by atoms with Gasteiger partial charge in [0.15, 0.2) is 5.65 Å². The lowest BCUT2D eigenvalue weighted by Gasteiger charge is -2.02. The van der Waals surface area contributed by atoms with Gasteiger partial charge in [-0.1, -0.05) is 11.6 Å². The van der Waals surface area contributed by atoms with Gasteiger partial charge in [0.2, 0.25) is 0 Å². The number of esters is 1. The third-order valence-corrected chi connectivity index (χ3v) is 2.41. The number of nitrogens with one attached hydrogen (secondary N) is 1. The molecule has 0 saturated carbocycles. The molecular formula is C11H10ClN3O3. The van der Waals surface area contributed by atoms with Crippen LogP contribution in [0.4, 0.5) is 0 Å². The molecular weight excluding hydrogens is 258 g/mol. The standard InChI is InChI=1S/C11H10ClN3O3/c1-2-18-9(16)5-8-14-10-6(11(17)15-8)3-4-7(12)13-10/h3-4H,2,5H2,1H3,(H,13,14,15,17). The van der Waals surface area contributed by atoms with E-state index >= 15 is 0 Å². The van der Waals surface area contributed by atoms with Crippen molar-refractivity contribution in [2.24, 2.45) is 0 Å². The molecule has 0 spiro atoms. The number of carbonyl (C=O) groups is 1. The predicted octanol–water partition coefficient (Wildman–Crippen LogP) is 1.08. The van der Waals surface area contributed by atoms with Crippen LogP contribution in [-0.4, -0.2) is 27.5 Å². The lowest BCUT2D eigenvalue weighted by Crippen LogP contribution is -2.17. The van der Waals surface area contributed by atoms with E-state index in [1.165, 1.54) is 12.1 Å². The average molecular weight is 268 g/mol. The highest BCUT2D eigenvalue weighted by Crippen LogP contribution is 2.09. The third kappa shape index (κ3) is 2.65. The van der Waals surface area contributed by atoms with Gasteiger partial charge < -0.3 is 9.72 Å². The first-order chi connectivity index (χ1) is 8.60. The molecule has 18 heavy (non-hydrogen) atoms. The van der Waals surface area contributed by atoms with Crippen molar-refractivity contribution in [1.29, 1.82) is 0 Å². The molecule has 0 aromatic carbocycles. The van der Waals surface area contributed by atoms with Gasteiger partial charge in [-0.05, 0) is 19.1 Å². The largest absolute Gasteiger partial charge is 0.466 e. The van der Waals surface area contributed by atoms with E-state index in [-0.39, 0.29) is 35.2 Å². The molecule has 0 fully saturated rings. The lowest BCUT2D eigenvalue weighted by molar-refractivity contribution is -0.142. The Hall–Kier alpha value is -1.95. The minimum absolute atomic E-state index is 0.104. The summed E-state index contributed by atoms with van der Waals surface area (Å²) in [7, 11) is 0. The summed E-state index contributed by atoms with van der Waals surface area (Å²) in [6.45, 7) is 1.98. The van der Waals surface area contributed by atoms with Crippen LogP contribution in [0.3, 0.4) is 0 Å². The second-order valence-corrected chi connectivity index (χ2v) is 3.89. The maximum Gasteiger partial charge on any atom is 0.313 e. The summed E-state index contributed by atoms with van der Waals surface area (Å²) in [4.78, 5) is 33.5. The number of aromatic amines is 1. The number of rotatable bonds is 3. The normalized spacial score (nSPS) is 10.6. The number of ether oxygens (including phenoxy) is 1. The van der Waals surface area contributed by atoms with Gasteiger partial charge >= 0.3 is 5.97 Å². The Morgan fingerprint density at radius 2 is 2.22 bits per heavy atom. The second-order valence-electron chi connectivity index (χ2n) is 3.50. The van der Waals surface area contributed by atoms with Gasteiger partial charge in [0, 0.05) is 0 Å². The van der Waals surface area contributed by atoms with Gasteiger partial charge in [0.25, 0.3) is 5.56 Å². The maximum atomic E-state index is 11.7. The highest BCUT2D eigenvalue weighted by atomic mass is 35.5. The second kappa shape index (κ2) is 5.14. The van der Waals surface area contributed by atoms with E-state index in [2.05, 4.69) is 15.0 Å². The molecule has 7 heteroatoms. The van der Waals surface area contributed by atoms with Crippen LogP contribution in [0.1, 0.15) is 12.7 Å². The number of fused-ring (bicyclic) bond motifs is 1. The number of H-pyrrole nitrogens is 1. The monoisotopic (exact) mass is 267 g/mol. The van der Waals surface area contributed by atoms with E-state index in [4.69, 9.17) is 16.3 Å². The molecule has 1 N–H and O–H groups in total. The molecule has 2 rings (SSSR count). The van der Waals surface area contributed by atoms with E-state index in [1.54, 1.807) is 6.92 Å². The Morgan fingerprint density at radius 1 is 1.44 bits per heavy atom. The molecule has 0 radical (unpaired) electrons. The summed E-state index contributed by atoms with van der Waals surface area (Å²) in [5, 5.41) is 0.565. The van der Waals surface area contributed by atoms with Crippen LogP contribution in [0.5, 0.6) is 0 Å². The first kappa shape index (κ1) is 12.5. The molecule has 0 aliphatic heterocycles. The van der Waals surface area contributed by atoms with Gasteiger partial charge in [-0.15, -0.1) is 0 Å². The Kier molecular flexibility index (Phi) is 3.57. The van der Waals surface area contributed by atoms with Crippen molar-refractivity contribution in [1.82, 2.24) is 15.0 Å². The summed E-state index contributed by atoms with van der Waals surface area (Å²) in [5.41, 5.74) is -0.144. The molecule has 94 valence electrons. The molecule has 0 bridgehead atoms. The molecule has 6 nitrogen and oxygen atoms in total. The number of nitrogens with zero attached hydrogens (tertiary/aromatic N) is 2. The summed E-state index contributed by atoms with van der Waals surface area (Å²) in [6, 6.07) is 3.04. The van der Waals surface area contributed by atoms with Crippen LogP contribution in [0.2, 0.25) is 5.15 Å². The fourth-order valence-electron chi connectivity index (χ4n) is 1.47. The van der Waals surface area contributed by atoms with E-state index in [0.717, 1.165) is 0 Å². The molecule has 2 aromatic heterocycles. The Labute approximate surface area is 107 Å². The van der Waals surface area contributed by atoms with Gasteiger partial charge in [-0.3, -0.25) is 9.59 Å². The number of hydrogen-bond acceptors (Lipinski definition) is 5. The zero-order valence-electron chi connectivity index (χ0n) is 9.57. The van der Waals surface area contributed by atoms with Gasteiger partial charge in [0.05, 0.1) is 12.0 Å². The summed E-state index contributed by atoms with van der Waals surface area (Å²) < 4.78 is 4.77. The molecule has 2 heterocycles. The average Bonchev–Trinajstić information content (AvgIpc) is 2.28. The Balaban J connectivity index is 2.42. The zero-order valence-corrected chi connectivity index (χ0v) is 10.3. The van der Waals surface area contributed by atoms with E-state index in [1.807, 2.05) is 0 Å². The summed E-state index contributed by atoms with van der Waals surface area (Å²) >= 11 is 5.72. The van der Waals surface area contributed by atoms with Crippen molar-refractivity contribution in [3.63, 3.8) is 0 Å². The van der Waals surface area contributed by atoms with Crippen molar-refractivity contribution in [3.8, 4) is 0 Å². The number of pyridine rings is 1. The highest BCUT2D eigenvalue weighted by Gasteiger charge is 2.10. The minimum Gasteiger partial charge on any atom is -0.466 e. The van der Waals surface area contributed by atoms with Crippen molar-refractivity contribution < 1.29 is 9.53 Å². The number of carbonyl (C=O) groups excluding carboxylic acids is 1. The number of hydrogen-bond donors (Lipinski definition) is 1. The Morgan fingerprint density at radius 3 is 2.94 bits per heavy atom. The zero-order chi connectivity index (χ0) is 13.1. The first-order valence-electron chi connectivity index (χ1n) is 5.31. The van der Waals surface area contributed by atoms with Crippen LogP contribution in [-0.2, 0) is 16.0 Å². The van der Waals surface area contributed by atoms with E-state index in [9.17, 15) is 9.59 Å². The molecule has 0 unspecified atom stereocenters. The summed E-state index contributed by atoms with van der Waals surface area (Å²) in [6.07, 6.45) is -0.104.